The monoisotopic (exact) mass is 575 g/mol. The molecule has 3 aliphatic rings. The summed E-state index contributed by atoms with van der Waals surface area (Å²) in [6, 6.07) is 9.46. The second-order valence-electron chi connectivity index (χ2n) is 10.6. The van der Waals surface area contributed by atoms with Crippen molar-refractivity contribution < 1.29 is 27.5 Å². The van der Waals surface area contributed by atoms with E-state index in [2.05, 4.69) is 14.9 Å². The first-order valence-corrected chi connectivity index (χ1v) is 15.3. The predicted octanol–water partition coefficient (Wildman–Crippen LogP) is 3.43. The second-order valence-corrected chi connectivity index (χ2v) is 12.7. The molecule has 1 aliphatic carbocycles. The summed E-state index contributed by atoms with van der Waals surface area (Å²) in [5, 5.41) is 3.19. The molecule has 0 radical (unpaired) electrons. The molecular weight excluding hydrogens is 542 g/mol. The summed E-state index contributed by atoms with van der Waals surface area (Å²) in [5.41, 5.74) is 2.88. The molecule has 2 aromatic carbocycles. The number of hydrogen-bond acceptors (Lipinski definition) is 7. The number of carbonyl (C=O) groups excluding carboxylic acids is 2. The number of carbonyl (C=O) groups is 2. The van der Waals surface area contributed by atoms with E-state index in [0.717, 1.165) is 43.2 Å². The highest BCUT2D eigenvalue weighted by Gasteiger charge is 2.34. The molecule has 0 saturated heterocycles. The van der Waals surface area contributed by atoms with E-state index in [1.807, 2.05) is 18.2 Å². The quantitative estimate of drug-likeness (QED) is 0.495. The fourth-order valence-corrected chi connectivity index (χ4v) is 6.67. The standard InChI is InChI=1S/C28H34ClN3O6S/c1-18-28(34)31-39(35,36)24-9-10-26-25(13-24)32(14-20-5-6-21(20)15-37-17-27(33)30-18)11-3-2-4-19-12-23(29)8-7-22(19)16-38-26/h7-10,12-13,18,20-21H,2-6,11,14-17H2,1H3,(H,30,33)(H,31,34)/t18-,20-,21-/m0/s1. The third-order valence-corrected chi connectivity index (χ3v) is 9.44. The third-order valence-electron chi connectivity index (χ3n) is 7.86. The van der Waals surface area contributed by atoms with Crippen LogP contribution in [0.3, 0.4) is 0 Å². The maximum Gasteiger partial charge on any atom is 0.264 e. The molecular formula is C28H34ClN3O6S. The zero-order chi connectivity index (χ0) is 27.6. The average molecular weight is 576 g/mol. The van der Waals surface area contributed by atoms with E-state index >= 15 is 0 Å². The van der Waals surface area contributed by atoms with Gasteiger partial charge in [-0.2, -0.15) is 0 Å². The van der Waals surface area contributed by atoms with Crippen molar-refractivity contribution in [2.45, 2.75) is 56.6 Å². The highest BCUT2D eigenvalue weighted by atomic mass is 35.5. The minimum atomic E-state index is -4.20. The van der Waals surface area contributed by atoms with Gasteiger partial charge >= 0.3 is 0 Å². The van der Waals surface area contributed by atoms with E-state index in [4.69, 9.17) is 21.1 Å². The van der Waals surface area contributed by atoms with Gasteiger partial charge in [0.2, 0.25) is 5.91 Å². The minimum absolute atomic E-state index is 0.0376. The Morgan fingerprint density at radius 1 is 1.00 bits per heavy atom. The fraction of sp³-hybridized carbons (Fsp3) is 0.500. The van der Waals surface area contributed by atoms with Gasteiger partial charge < -0.3 is 19.7 Å². The van der Waals surface area contributed by atoms with Crippen molar-refractivity contribution in [3.63, 3.8) is 0 Å². The maximum atomic E-state index is 13.2. The van der Waals surface area contributed by atoms with Crippen molar-refractivity contribution in [3.05, 3.63) is 52.5 Å². The lowest BCUT2D eigenvalue weighted by Gasteiger charge is -2.41. The van der Waals surface area contributed by atoms with Gasteiger partial charge in [0.05, 0.1) is 17.2 Å². The van der Waals surface area contributed by atoms with E-state index < -0.39 is 27.9 Å². The Bertz CT molecular complexity index is 1350. The largest absolute Gasteiger partial charge is 0.487 e. The fourth-order valence-electron chi connectivity index (χ4n) is 5.40. The first-order valence-electron chi connectivity index (χ1n) is 13.4. The van der Waals surface area contributed by atoms with E-state index in [1.165, 1.54) is 13.0 Å². The molecule has 210 valence electrons. The molecule has 1 fully saturated rings. The molecule has 3 atom stereocenters. The molecule has 2 N–H and O–H groups in total. The lowest BCUT2D eigenvalue weighted by molar-refractivity contribution is -0.131. The lowest BCUT2D eigenvalue weighted by Crippen LogP contribution is -2.48. The Morgan fingerprint density at radius 3 is 2.62 bits per heavy atom. The van der Waals surface area contributed by atoms with Crippen molar-refractivity contribution in [2.24, 2.45) is 11.8 Å². The van der Waals surface area contributed by atoms with E-state index in [9.17, 15) is 18.0 Å². The van der Waals surface area contributed by atoms with E-state index in [-0.39, 0.29) is 11.5 Å². The van der Waals surface area contributed by atoms with Crippen LogP contribution in [0.15, 0.2) is 41.3 Å². The van der Waals surface area contributed by atoms with Crippen LogP contribution in [-0.2, 0) is 37.4 Å². The Kier molecular flexibility index (Phi) is 8.35. The molecule has 2 heterocycles. The Labute approximate surface area is 234 Å². The maximum absolute atomic E-state index is 13.2. The van der Waals surface area contributed by atoms with Gasteiger partial charge in [-0.25, -0.2) is 13.1 Å². The van der Waals surface area contributed by atoms with Crippen LogP contribution in [0.4, 0.5) is 5.69 Å². The zero-order valence-electron chi connectivity index (χ0n) is 22.0. The number of ether oxygens (including phenoxy) is 2. The summed E-state index contributed by atoms with van der Waals surface area (Å²) in [4.78, 5) is 27.1. The van der Waals surface area contributed by atoms with E-state index in [0.29, 0.717) is 54.6 Å². The van der Waals surface area contributed by atoms with Gasteiger partial charge in [-0.3, -0.25) is 9.59 Å². The van der Waals surface area contributed by atoms with Crippen molar-refractivity contribution in [2.75, 3.05) is 31.2 Å². The van der Waals surface area contributed by atoms with Crippen LogP contribution in [0.25, 0.3) is 0 Å². The van der Waals surface area contributed by atoms with Crippen molar-refractivity contribution >= 4 is 39.1 Å². The van der Waals surface area contributed by atoms with Crippen molar-refractivity contribution in [1.29, 1.82) is 0 Å². The smallest absolute Gasteiger partial charge is 0.264 e. The summed E-state index contributed by atoms with van der Waals surface area (Å²) in [7, 11) is -4.20. The second kappa shape index (κ2) is 11.7. The van der Waals surface area contributed by atoms with Crippen molar-refractivity contribution in [3.8, 4) is 5.75 Å². The number of amides is 2. The number of benzene rings is 2. The zero-order valence-corrected chi connectivity index (χ0v) is 23.5. The number of anilines is 1. The molecule has 5 rings (SSSR count). The number of fused-ring (bicyclic) bond motifs is 3. The molecule has 1 saturated carbocycles. The molecule has 9 nitrogen and oxygen atoms in total. The summed E-state index contributed by atoms with van der Waals surface area (Å²) >= 11 is 6.27. The topological polar surface area (TPSA) is 114 Å². The summed E-state index contributed by atoms with van der Waals surface area (Å²) < 4.78 is 40.6. The molecule has 2 aliphatic heterocycles. The number of rotatable bonds is 0. The summed E-state index contributed by atoms with van der Waals surface area (Å²) in [6.45, 7) is 3.46. The SMILES string of the molecule is C[C@@H]1NC(=O)COC[C@@H]2CC[C@H]2CN2CCCCc3cc(Cl)ccc3COc3ccc(cc32)S(=O)(=O)NC1=O. The molecule has 0 unspecified atom stereocenters. The highest BCUT2D eigenvalue weighted by molar-refractivity contribution is 7.90. The molecule has 2 aromatic rings. The molecule has 39 heavy (non-hydrogen) atoms. The van der Waals surface area contributed by atoms with Crippen LogP contribution in [-0.4, -0.2) is 52.6 Å². The van der Waals surface area contributed by atoms with Crippen LogP contribution in [0.5, 0.6) is 5.75 Å². The first kappa shape index (κ1) is 27.7. The molecule has 2 bridgehead atoms. The summed E-state index contributed by atoms with van der Waals surface area (Å²) in [5.74, 6) is -0.0660. The number of nitrogens with one attached hydrogen (secondary N) is 2. The highest BCUT2D eigenvalue weighted by Crippen LogP contribution is 2.39. The number of hydrogen-bond donors (Lipinski definition) is 2. The Balaban J connectivity index is 1.52. The average Bonchev–Trinajstić information content (AvgIpc) is 2.91. The van der Waals surface area contributed by atoms with Crippen LogP contribution < -0.4 is 19.7 Å². The number of nitrogens with zero attached hydrogens (tertiary/aromatic N) is 1. The predicted molar refractivity (Wildman–Crippen MR) is 147 cm³/mol. The van der Waals surface area contributed by atoms with Crippen LogP contribution in [0, 0.1) is 11.8 Å². The van der Waals surface area contributed by atoms with Crippen LogP contribution in [0.2, 0.25) is 5.02 Å². The van der Waals surface area contributed by atoms with Crippen LogP contribution >= 0.6 is 11.6 Å². The van der Waals surface area contributed by atoms with Gasteiger partial charge in [0.15, 0.2) is 0 Å². The van der Waals surface area contributed by atoms with E-state index in [1.54, 1.807) is 12.1 Å². The molecule has 0 aromatic heterocycles. The molecule has 11 heteroatoms. The van der Waals surface area contributed by atoms with Crippen molar-refractivity contribution in [1.82, 2.24) is 10.0 Å². The number of halogens is 1. The lowest BCUT2D eigenvalue weighted by atomic mass is 9.73. The normalized spacial score (nSPS) is 25.9. The molecule has 2 amide bonds. The van der Waals surface area contributed by atoms with Gasteiger partial charge in [-0.1, -0.05) is 17.7 Å². The number of sulfonamides is 1. The molecule has 0 spiro atoms. The third kappa shape index (κ3) is 6.50. The van der Waals surface area contributed by atoms with Gasteiger partial charge in [0.1, 0.15) is 25.0 Å². The number of aryl methyl sites for hydroxylation is 1. The summed E-state index contributed by atoms with van der Waals surface area (Å²) in [6.07, 6.45) is 4.74. The first-order chi connectivity index (χ1) is 18.7. The van der Waals surface area contributed by atoms with Gasteiger partial charge in [0.25, 0.3) is 15.9 Å². The van der Waals surface area contributed by atoms with Gasteiger partial charge in [-0.15, -0.1) is 0 Å². The minimum Gasteiger partial charge on any atom is -0.487 e. The Morgan fingerprint density at radius 2 is 1.82 bits per heavy atom. The van der Waals surface area contributed by atoms with Crippen LogP contribution in [0.1, 0.15) is 43.7 Å². The van der Waals surface area contributed by atoms with Gasteiger partial charge in [-0.05, 0) is 92.3 Å². The Hall–Kier alpha value is -2.82. The van der Waals surface area contributed by atoms with Gasteiger partial charge in [0, 0.05) is 18.1 Å².